The molecular weight excluding hydrogens is 364 g/mol. The third-order valence-electron chi connectivity index (χ3n) is 5.05. The van der Waals surface area contributed by atoms with Crippen LogP contribution in [0.4, 0.5) is 0 Å². The second-order valence-electron chi connectivity index (χ2n) is 6.79. The van der Waals surface area contributed by atoms with Crippen molar-refractivity contribution >= 4 is 11.0 Å². The first-order chi connectivity index (χ1) is 13.5. The molecule has 2 aromatic carbocycles. The minimum Gasteiger partial charge on any atom is -0.455 e. The number of hydrogen-bond acceptors (Lipinski definition) is 7. The summed E-state index contributed by atoms with van der Waals surface area (Å²) in [5.74, 6) is 0.202. The molecule has 28 heavy (non-hydrogen) atoms. The van der Waals surface area contributed by atoms with Gasteiger partial charge in [-0.15, -0.1) is 0 Å². The highest BCUT2D eigenvalue weighted by Gasteiger charge is 2.46. The van der Waals surface area contributed by atoms with Crippen LogP contribution in [0.5, 0.6) is 0 Å². The maximum Gasteiger partial charge on any atom is 0.199 e. The lowest BCUT2D eigenvalue weighted by Gasteiger charge is -2.40. The number of hydrogen-bond donors (Lipinski definition) is 4. The van der Waals surface area contributed by atoms with Crippen molar-refractivity contribution in [1.29, 1.82) is 0 Å². The van der Waals surface area contributed by atoms with E-state index in [1.54, 1.807) is 48.5 Å². The summed E-state index contributed by atoms with van der Waals surface area (Å²) >= 11 is 0. The number of rotatable bonds is 3. The first-order valence-corrected chi connectivity index (χ1v) is 8.94. The van der Waals surface area contributed by atoms with Gasteiger partial charge in [0.1, 0.15) is 41.9 Å². The predicted molar refractivity (Wildman–Crippen MR) is 101 cm³/mol. The molecule has 1 saturated heterocycles. The Bertz CT molecular complexity index is 1030. The molecule has 0 saturated carbocycles. The maximum atomic E-state index is 13.3. The van der Waals surface area contributed by atoms with Gasteiger partial charge in [-0.1, -0.05) is 42.5 Å². The van der Waals surface area contributed by atoms with Gasteiger partial charge in [0, 0.05) is 5.56 Å². The molecule has 1 aliphatic rings. The van der Waals surface area contributed by atoms with Gasteiger partial charge in [0.2, 0.25) is 0 Å². The topological polar surface area (TPSA) is 120 Å². The third-order valence-corrected chi connectivity index (χ3v) is 5.05. The third kappa shape index (κ3) is 3.03. The molecule has 1 fully saturated rings. The van der Waals surface area contributed by atoms with Crippen LogP contribution in [0, 0.1) is 0 Å². The molecule has 0 aliphatic carbocycles. The molecule has 0 bridgehead atoms. The van der Waals surface area contributed by atoms with E-state index in [-0.39, 0.29) is 11.3 Å². The van der Waals surface area contributed by atoms with E-state index in [1.165, 1.54) is 0 Å². The van der Waals surface area contributed by atoms with E-state index >= 15 is 0 Å². The van der Waals surface area contributed by atoms with Crippen LogP contribution in [-0.2, 0) is 4.74 Å². The van der Waals surface area contributed by atoms with E-state index in [1.807, 2.05) is 6.07 Å². The minimum absolute atomic E-state index is 0.0294. The molecule has 5 atom stereocenters. The van der Waals surface area contributed by atoms with Crippen molar-refractivity contribution in [2.75, 3.05) is 6.61 Å². The lowest BCUT2D eigenvalue weighted by Crippen LogP contribution is -2.55. The average Bonchev–Trinajstić information content (AvgIpc) is 2.73. The summed E-state index contributed by atoms with van der Waals surface area (Å²) in [5.41, 5.74) is 0.587. The van der Waals surface area contributed by atoms with Crippen LogP contribution >= 0.6 is 0 Å². The van der Waals surface area contributed by atoms with Gasteiger partial charge in [0.15, 0.2) is 5.43 Å². The van der Waals surface area contributed by atoms with Gasteiger partial charge in [0.05, 0.1) is 17.6 Å². The van der Waals surface area contributed by atoms with Crippen LogP contribution in [0.15, 0.2) is 63.8 Å². The number of ether oxygens (including phenoxy) is 1. The summed E-state index contributed by atoms with van der Waals surface area (Å²) in [7, 11) is 0. The van der Waals surface area contributed by atoms with Gasteiger partial charge in [-0.3, -0.25) is 4.79 Å². The number of aliphatic hydroxyl groups excluding tert-OH is 4. The Morgan fingerprint density at radius 1 is 0.857 bits per heavy atom. The quantitative estimate of drug-likeness (QED) is 0.531. The van der Waals surface area contributed by atoms with E-state index in [0.717, 1.165) is 0 Å². The first kappa shape index (κ1) is 18.8. The Morgan fingerprint density at radius 3 is 2.25 bits per heavy atom. The summed E-state index contributed by atoms with van der Waals surface area (Å²) in [6, 6.07) is 15.6. The molecule has 0 spiro atoms. The monoisotopic (exact) mass is 384 g/mol. The molecule has 1 aromatic heterocycles. The second kappa shape index (κ2) is 7.46. The lowest BCUT2D eigenvalue weighted by atomic mass is 9.89. The van der Waals surface area contributed by atoms with Crippen molar-refractivity contribution < 1.29 is 29.6 Å². The summed E-state index contributed by atoms with van der Waals surface area (Å²) in [6.07, 6.45) is -7.09. The van der Waals surface area contributed by atoms with Gasteiger partial charge in [0.25, 0.3) is 0 Å². The van der Waals surface area contributed by atoms with Gasteiger partial charge in [-0.2, -0.15) is 0 Å². The molecule has 1 aliphatic heterocycles. The van der Waals surface area contributed by atoms with Crippen molar-refractivity contribution in [3.63, 3.8) is 0 Å². The summed E-state index contributed by atoms with van der Waals surface area (Å²) < 4.78 is 11.6. The highest BCUT2D eigenvalue weighted by Crippen LogP contribution is 2.37. The molecule has 146 valence electrons. The van der Waals surface area contributed by atoms with Crippen LogP contribution in [0.1, 0.15) is 11.7 Å². The van der Waals surface area contributed by atoms with E-state index in [4.69, 9.17) is 9.15 Å². The first-order valence-electron chi connectivity index (χ1n) is 8.94. The average molecular weight is 384 g/mol. The Balaban J connectivity index is 1.97. The minimum atomic E-state index is -1.59. The normalized spacial score (nSPS) is 27.8. The summed E-state index contributed by atoms with van der Waals surface area (Å²) in [4.78, 5) is 13.3. The zero-order chi connectivity index (χ0) is 19.8. The number of aliphatic hydroxyl groups is 4. The molecule has 1 unspecified atom stereocenters. The van der Waals surface area contributed by atoms with Crippen LogP contribution in [-0.4, -0.2) is 51.4 Å². The lowest BCUT2D eigenvalue weighted by molar-refractivity contribution is -0.232. The highest BCUT2D eigenvalue weighted by atomic mass is 16.5. The molecule has 0 radical (unpaired) electrons. The number of para-hydroxylation sites is 1. The molecule has 7 heteroatoms. The van der Waals surface area contributed by atoms with Crippen LogP contribution in [0.25, 0.3) is 22.3 Å². The Labute approximate surface area is 160 Å². The maximum absolute atomic E-state index is 13.3. The van der Waals surface area contributed by atoms with Crippen molar-refractivity contribution in [3.8, 4) is 11.3 Å². The van der Waals surface area contributed by atoms with Crippen molar-refractivity contribution in [1.82, 2.24) is 0 Å². The highest BCUT2D eigenvalue weighted by molar-refractivity contribution is 5.80. The van der Waals surface area contributed by atoms with Gasteiger partial charge < -0.3 is 29.6 Å². The van der Waals surface area contributed by atoms with E-state index in [0.29, 0.717) is 16.5 Å². The summed E-state index contributed by atoms with van der Waals surface area (Å²) in [6.45, 7) is -0.582. The molecule has 4 rings (SSSR count). The van der Waals surface area contributed by atoms with E-state index < -0.39 is 42.6 Å². The van der Waals surface area contributed by atoms with Gasteiger partial charge in [-0.25, -0.2) is 0 Å². The van der Waals surface area contributed by atoms with Crippen LogP contribution < -0.4 is 5.43 Å². The Hall–Kier alpha value is -2.55. The number of fused-ring (bicyclic) bond motifs is 1. The zero-order valence-corrected chi connectivity index (χ0v) is 14.8. The van der Waals surface area contributed by atoms with Crippen LogP contribution in [0.2, 0.25) is 0 Å². The number of benzene rings is 2. The van der Waals surface area contributed by atoms with Gasteiger partial charge in [-0.05, 0) is 12.1 Å². The van der Waals surface area contributed by atoms with E-state index in [2.05, 4.69) is 0 Å². The summed E-state index contributed by atoms with van der Waals surface area (Å²) in [5, 5.41) is 40.5. The SMILES string of the molecule is O=c1c(C2O[C@H](CO)[C@H](O)[C@H](O)[C@H]2O)c(-c2ccccc2)oc2ccccc12. The molecule has 4 N–H and O–H groups in total. The fourth-order valence-corrected chi connectivity index (χ4v) is 3.56. The molecule has 2 heterocycles. The van der Waals surface area contributed by atoms with Crippen molar-refractivity contribution in [2.24, 2.45) is 0 Å². The van der Waals surface area contributed by atoms with Crippen molar-refractivity contribution in [3.05, 3.63) is 70.4 Å². The smallest absolute Gasteiger partial charge is 0.199 e. The standard InChI is InChI=1S/C21H20O7/c22-10-14-17(24)18(25)19(26)21(28-14)15-16(23)12-8-4-5-9-13(12)27-20(15)11-6-2-1-3-7-11/h1-9,14,17-19,21-22,24-26H,10H2/t14-,17+,18+,19-,21?/m1/s1. The molecule has 0 amide bonds. The van der Waals surface area contributed by atoms with E-state index in [9.17, 15) is 25.2 Å². The second-order valence-corrected chi connectivity index (χ2v) is 6.79. The molecule has 3 aromatic rings. The van der Waals surface area contributed by atoms with Crippen molar-refractivity contribution in [2.45, 2.75) is 30.5 Å². The zero-order valence-electron chi connectivity index (χ0n) is 14.8. The Kier molecular flexibility index (Phi) is 5.01. The van der Waals surface area contributed by atoms with Gasteiger partial charge >= 0.3 is 0 Å². The predicted octanol–water partition coefficient (Wildman–Crippen LogP) is 0.975. The largest absolute Gasteiger partial charge is 0.455 e. The Morgan fingerprint density at radius 2 is 1.54 bits per heavy atom. The fourth-order valence-electron chi connectivity index (χ4n) is 3.56. The molecular formula is C21H20O7. The van der Waals surface area contributed by atoms with Crippen LogP contribution in [0.3, 0.4) is 0 Å². The molecule has 7 nitrogen and oxygen atoms in total. The fraction of sp³-hybridized carbons (Fsp3) is 0.286.